The van der Waals surface area contributed by atoms with Gasteiger partial charge in [0.15, 0.2) is 0 Å². The van der Waals surface area contributed by atoms with E-state index in [9.17, 15) is 0 Å². The summed E-state index contributed by atoms with van der Waals surface area (Å²) < 4.78 is 10.4. The van der Waals surface area contributed by atoms with Gasteiger partial charge in [0.25, 0.3) is 0 Å². The number of nitrogens with two attached hydrogens (primary N) is 1. The normalized spacial score (nSPS) is 9.90. The highest BCUT2D eigenvalue weighted by atomic mass is 32.1. The molecule has 0 bridgehead atoms. The predicted octanol–water partition coefficient (Wildman–Crippen LogP) is 2.48. The molecular formula is C14H15N3O2S. The van der Waals surface area contributed by atoms with Crippen molar-refractivity contribution < 1.29 is 9.47 Å². The zero-order valence-electron chi connectivity index (χ0n) is 11.2. The fourth-order valence-corrected chi connectivity index (χ4v) is 1.78. The number of ether oxygens (including phenoxy) is 2. The number of pyridine rings is 1. The number of anilines is 2. The lowest BCUT2D eigenvalue weighted by Crippen LogP contribution is -2.12. The van der Waals surface area contributed by atoms with Crippen molar-refractivity contribution in [3.8, 4) is 11.5 Å². The van der Waals surface area contributed by atoms with Crippen LogP contribution in [0.5, 0.6) is 11.5 Å². The Kier molecular flexibility index (Phi) is 4.37. The zero-order valence-corrected chi connectivity index (χ0v) is 12.0. The highest BCUT2D eigenvalue weighted by Gasteiger charge is 2.04. The summed E-state index contributed by atoms with van der Waals surface area (Å²) in [5, 5.41) is 3.16. The molecule has 2 rings (SSSR count). The molecule has 0 aliphatic heterocycles. The molecule has 3 N–H and O–H groups in total. The molecular weight excluding hydrogens is 274 g/mol. The van der Waals surface area contributed by atoms with Crippen molar-refractivity contribution in [2.24, 2.45) is 5.73 Å². The molecule has 0 fully saturated rings. The molecule has 0 aliphatic rings. The number of hydrogen-bond donors (Lipinski definition) is 2. The van der Waals surface area contributed by atoms with Gasteiger partial charge in [-0.1, -0.05) is 18.3 Å². The Morgan fingerprint density at radius 3 is 2.35 bits per heavy atom. The molecule has 5 nitrogen and oxygen atoms in total. The van der Waals surface area contributed by atoms with Gasteiger partial charge in [-0.2, -0.15) is 0 Å². The molecule has 104 valence electrons. The van der Waals surface area contributed by atoms with Crippen LogP contribution >= 0.6 is 12.2 Å². The zero-order chi connectivity index (χ0) is 14.5. The van der Waals surface area contributed by atoms with Crippen molar-refractivity contribution in [2.75, 3.05) is 19.5 Å². The first-order chi connectivity index (χ1) is 9.62. The summed E-state index contributed by atoms with van der Waals surface area (Å²) in [6.45, 7) is 0. The van der Waals surface area contributed by atoms with Crippen LogP contribution in [0.15, 0.2) is 36.4 Å². The van der Waals surface area contributed by atoms with Crippen molar-refractivity contribution >= 4 is 28.7 Å². The third kappa shape index (κ3) is 3.36. The second-order valence-corrected chi connectivity index (χ2v) is 4.44. The van der Waals surface area contributed by atoms with E-state index in [0.717, 1.165) is 5.69 Å². The molecule has 1 aromatic carbocycles. The minimum Gasteiger partial charge on any atom is -0.497 e. The summed E-state index contributed by atoms with van der Waals surface area (Å²) in [5.41, 5.74) is 6.94. The first kappa shape index (κ1) is 14.1. The molecule has 0 unspecified atom stereocenters. The van der Waals surface area contributed by atoms with Gasteiger partial charge in [0.1, 0.15) is 22.3 Å². The Balaban J connectivity index is 2.29. The van der Waals surface area contributed by atoms with Crippen LogP contribution in [0.3, 0.4) is 0 Å². The lowest BCUT2D eigenvalue weighted by atomic mass is 10.2. The summed E-state index contributed by atoms with van der Waals surface area (Å²) in [6, 6.07) is 10.9. The van der Waals surface area contributed by atoms with Gasteiger partial charge < -0.3 is 20.5 Å². The molecule has 1 heterocycles. The molecule has 2 aromatic rings. The summed E-state index contributed by atoms with van der Waals surface area (Å²) in [5.74, 6) is 2.03. The van der Waals surface area contributed by atoms with Crippen LogP contribution in [-0.2, 0) is 0 Å². The summed E-state index contributed by atoms with van der Waals surface area (Å²) in [6.07, 6.45) is 0. The average Bonchev–Trinajstić information content (AvgIpc) is 2.47. The monoisotopic (exact) mass is 289 g/mol. The SMILES string of the molecule is COc1cc(Nc2cccc(C(N)=S)n2)cc(OC)c1. The van der Waals surface area contributed by atoms with Gasteiger partial charge in [-0.05, 0) is 12.1 Å². The van der Waals surface area contributed by atoms with Gasteiger partial charge >= 0.3 is 0 Å². The molecule has 0 radical (unpaired) electrons. The highest BCUT2D eigenvalue weighted by Crippen LogP contribution is 2.27. The van der Waals surface area contributed by atoms with Gasteiger partial charge in [0.05, 0.1) is 19.9 Å². The van der Waals surface area contributed by atoms with Crippen molar-refractivity contribution in [2.45, 2.75) is 0 Å². The van der Waals surface area contributed by atoms with Crippen molar-refractivity contribution in [1.82, 2.24) is 4.98 Å². The van der Waals surface area contributed by atoms with Crippen LogP contribution in [0.4, 0.5) is 11.5 Å². The number of benzene rings is 1. The molecule has 0 saturated carbocycles. The van der Waals surface area contributed by atoms with Crippen LogP contribution in [-0.4, -0.2) is 24.2 Å². The maximum Gasteiger partial charge on any atom is 0.131 e. The lowest BCUT2D eigenvalue weighted by Gasteiger charge is -2.10. The number of thiocarbonyl (C=S) groups is 1. The first-order valence-corrected chi connectivity index (χ1v) is 6.30. The lowest BCUT2D eigenvalue weighted by molar-refractivity contribution is 0.395. The Hall–Kier alpha value is -2.34. The standard InChI is InChI=1S/C14H15N3O2S/c1-18-10-6-9(7-11(8-10)19-2)16-13-5-3-4-12(17-13)14(15)20/h3-8H,1-2H3,(H2,15,20)(H,16,17). The minimum absolute atomic E-state index is 0.261. The van der Waals surface area contributed by atoms with Gasteiger partial charge in [-0.25, -0.2) is 4.98 Å². The third-order valence-corrected chi connectivity index (χ3v) is 2.83. The molecule has 0 amide bonds. The number of nitrogens with zero attached hydrogens (tertiary/aromatic N) is 1. The molecule has 1 aromatic heterocycles. The second kappa shape index (κ2) is 6.21. The molecule has 0 saturated heterocycles. The summed E-state index contributed by atoms with van der Waals surface area (Å²) >= 11 is 4.91. The molecule has 20 heavy (non-hydrogen) atoms. The Bertz CT molecular complexity index is 609. The fraction of sp³-hybridized carbons (Fsp3) is 0.143. The number of hydrogen-bond acceptors (Lipinski definition) is 5. The van der Waals surface area contributed by atoms with E-state index in [0.29, 0.717) is 23.0 Å². The van der Waals surface area contributed by atoms with Crippen molar-refractivity contribution in [3.05, 3.63) is 42.1 Å². The van der Waals surface area contributed by atoms with E-state index < -0.39 is 0 Å². The van der Waals surface area contributed by atoms with Gasteiger partial charge in [0, 0.05) is 23.9 Å². The quantitative estimate of drug-likeness (QED) is 0.824. The number of methoxy groups -OCH3 is 2. The Labute approximate surface area is 122 Å². The fourth-order valence-electron chi connectivity index (χ4n) is 1.67. The van der Waals surface area contributed by atoms with Crippen LogP contribution in [0.1, 0.15) is 5.69 Å². The number of nitrogens with one attached hydrogen (secondary N) is 1. The number of aromatic nitrogens is 1. The van der Waals surface area contributed by atoms with Crippen molar-refractivity contribution in [1.29, 1.82) is 0 Å². The number of rotatable bonds is 5. The highest BCUT2D eigenvalue weighted by molar-refractivity contribution is 7.80. The van der Waals surface area contributed by atoms with E-state index in [-0.39, 0.29) is 4.99 Å². The topological polar surface area (TPSA) is 69.4 Å². The maximum atomic E-state index is 5.57. The van der Waals surface area contributed by atoms with E-state index in [2.05, 4.69) is 10.3 Å². The molecule has 0 atom stereocenters. The van der Waals surface area contributed by atoms with E-state index in [1.165, 1.54) is 0 Å². The van der Waals surface area contributed by atoms with Gasteiger partial charge in [-0.15, -0.1) is 0 Å². The summed E-state index contributed by atoms with van der Waals surface area (Å²) in [4.78, 5) is 4.58. The third-order valence-electron chi connectivity index (χ3n) is 2.63. The predicted molar refractivity (Wildman–Crippen MR) is 83.0 cm³/mol. The average molecular weight is 289 g/mol. The van der Waals surface area contributed by atoms with E-state index in [4.69, 9.17) is 27.4 Å². The second-order valence-electron chi connectivity index (χ2n) is 4.00. The van der Waals surface area contributed by atoms with E-state index in [1.807, 2.05) is 24.3 Å². The minimum atomic E-state index is 0.261. The van der Waals surface area contributed by atoms with Gasteiger partial charge in [0.2, 0.25) is 0 Å². The van der Waals surface area contributed by atoms with E-state index >= 15 is 0 Å². The largest absolute Gasteiger partial charge is 0.497 e. The smallest absolute Gasteiger partial charge is 0.131 e. The van der Waals surface area contributed by atoms with Crippen LogP contribution in [0.2, 0.25) is 0 Å². The van der Waals surface area contributed by atoms with Crippen LogP contribution < -0.4 is 20.5 Å². The van der Waals surface area contributed by atoms with Crippen LogP contribution in [0, 0.1) is 0 Å². The van der Waals surface area contributed by atoms with Crippen LogP contribution in [0.25, 0.3) is 0 Å². The molecule has 0 aliphatic carbocycles. The molecule has 6 heteroatoms. The Morgan fingerprint density at radius 2 is 1.80 bits per heavy atom. The summed E-state index contributed by atoms with van der Waals surface area (Å²) in [7, 11) is 3.20. The Morgan fingerprint density at radius 1 is 1.15 bits per heavy atom. The maximum absolute atomic E-state index is 5.57. The van der Waals surface area contributed by atoms with Crippen molar-refractivity contribution in [3.63, 3.8) is 0 Å². The van der Waals surface area contributed by atoms with E-state index in [1.54, 1.807) is 26.4 Å². The van der Waals surface area contributed by atoms with Gasteiger partial charge in [-0.3, -0.25) is 0 Å². The molecule has 0 spiro atoms. The first-order valence-electron chi connectivity index (χ1n) is 5.89.